The molecule has 2 saturated heterocycles. The predicted octanol–water partition coefficient (Wildman–Crippen LogP) is 2.64. The number of rotatable bonds is 3. The second-order valence-electron chi connectivity index (χ2n) is 5.89. The number of nitrogens with zero attached hydrogens (tertiary/aromatic N) is 2. The second-order valence-corrected chi connectivity index (χ2v) is 5.89. The van der Waals surface area contributed by atoms with Crippen molar-refractivity contribution in [1.29, 1.82) is 0 Å². The predicted molar refractivity (Wildman–Crippen MR) is 75.7 cm³/mol. The van der Waals surface area contributed by atoms with E-state index in [4.69, 9.17) is 4.74 Å². The van der Waals surface area contributed by atoms with Crippen molar-refractivity contribution in [2.75, 3.05) is 19.7 Å². The smallest absolute Gasteiger partial charge is 0.0759 e. The molecular weight excluding hydrogens is 236 g/mol. The summed E-state index contributed by atoms with van der Waals surface area (Å²) in [6.45, 7) is 8.05. The Morgan fingerprint density at radius 1 is 1.42 bits per heavy atom. The summed E-state index contributed by atoms with van der Waals surface area (Å²) in [5.41, 5.74) is 1.59. The Kier molecular flexibility index (Phi) is 3.67. The Hall–Kier alpha value is -1.19. The van der Waals surface area contributed by atoms with E-state index in [1.54, 1.807) is 0 Å². The highest BCUT2D eigenvalue weighted by atomic mass is 16.5. The van der Waals surface area contributed by atoms with Crippen molar-refractivity contribution >= 4 is 0 Å². The van der Waals surface area contributed by atoms with E-state index >= 15 is 0 Å². The fourth-order valence-corrected chi connectivity index (χ4v) is 3.23. The molecule has 1 atom stereocenters. The molecule has 3 nitrogen and oxygen atoms in total. The Morgan fingerprint density at radius 2 is 2.26 bits per heavy atom. The van der Waals surface area contributed by atoms with Gasteiger partial charge in [0.2, 0.25) is 0 Å². The first-order valence-corrected chi connectivity index (χ1v) is 7.16. The lowest BCUT2D eigenvalue weighted by Crippen LogP contribution is -2.40. The minimum Gasteiger partial charge on any atom is -0.374 e. The van der Waals surface area contributed by atoms with Gasteiger partial charge in [0.1, 0.15) is 0 Å². The number of hydrogen-bond donors (Lipinski definition) is 0. The van der Waals surface area contributed by atoms with Crippen molar-refractivity contribution in [3.8, 4) is 0 Å². The maximum Gasteiger partial charge on any atom is 0.0759 e. The fourth-order valence-electron chi connectivity index (χ4n) is 3.23. The summed E-state index contributed by atoms with van der Waals surface area (Å²) in [7, 11) is 0. The summed E-state index contributed by atoms with van der Waals surface area (Å²) < 4.78 is 5.80. The lowest BCUT2D eigenvalue weighted by atomic mass is 9.76. The highest BCUT2D eigenvalue weighted by Gasteiger charge is 2.41. The Bertz CT molecular complexity index is 424. The quantitative estimate of drug-likeness (QED) is 0.779. The molecule has 0 bridgehead atoms. The van der Waals surface area contributed by atoms with Crippen LogP contribution in [0.3, 0.4) is 0 Å². The summed E-state index contributed by atoms with van der Waals surface area (Å²) in [5, 5.41) is 0. The van der Waals surface area contributed by atoms with Gasteiger partial charge < -0.3 is 4.74 Å². The molecule has 0 aliphatic carbocycles. The van der Waals surface area contributed by atoms with E-state index in [2.05, 4.69) is 28.6 Å². The molecule has 0 radical (unpaired) electrons. The van der Waals surface area contributed by atoms with Crippen LogP contribution >= 0.6 is 0 Å². The van der Waals surface area contributed by atoms with Crippen molar-refractivity contribution < 1.29 is 4.74 Å². The van der Waals surface area contributed by atoms with E-state index in [0.717, 1.165) is 32.7 Å². The molecule has 1 spiro atoms. The number of pyridine rings is 1. The average Bonchev–Trinajstić information content (AvgIpc) is 2.86. The van der Waals surface area contributed by atoms with E-state index in [0.29, 0.717) is 5.41 Å². The van der Waals surface area contributed by atoms with Crippen LogP contribution in [0.2, 0.25) is 0 Å². The maximum atomic E-state index is 5.80. The zero-order valence-electron chi connectivity index (χ0n) is 11.4. The second kappa shape index (κ2) is 5.43. The minimum atomic E-state index is 0.280. The third-order valence-corrected chi connectivity index (χ3v) is 4.53. The molecular formula is C16H22N2O. The molecule has 102 valence electrons. The van der Waals surface area contributed by atoms with Crippen molar-refractivity contribution in [2.24, 2.45) is 5.41 Å². The van der Waals surface area contributed by atoms with Crippen LogP contribution in [-0.2, 0) is 11.3 Å². The molecule has 2 aliphatic rings. The molecule has 1 unspecified atom stereocenters. The van der Waals surface area contributed by atoms with Gasteiger partial charge in [-0.15, -0.1) is 6.58 Å². The molecule has 3 heteroatoms. The van der Waals surface area contributed by atoms with Gasteiger partial charge in [0, 0.05) is 12.7 Å². The van der Waals surface area contributed by atoms with Crippen LogP contribution in [0.5, 0.6) is 0 Å². The van der Waals surface area contributed by atoms with Crippen molar-refractivity contribution in [3.05, 3.63) is 42.7 Å². The lowest BCUT2D eigenvalue weighted by Gasteiger charge is -2.38. The van der Waals surface area contributed by atoms with E-state index in [1.165, 1.54) is 18.5 Å². The average molecular weight is 258 g/mol. The van der Waals surface area contributed by atoms with Gasteiger partial charge in [0.05, 0.1) is 18.4 Å². The van der Waals surface area contributed by atoms with Crippen molar-refractivity contribution in [2.45, 2.75) is 31.9 Å². The first-order valence-electron chi connectivity index (χ1n) is 7.16. The molecule has 2 aliphatic heterocycles. The topological polar surface area (TPSA) is 25.4 Å². The van der Waals surface area contributed by atoms with E-state index in [-0.39, 0.29) is 6.10 Å². The first-order chi connectivity index (χ1) is 9.30. The monoisotopic (exact) mass is 258 g/mol. The summed E-state index contributed by atoms with van der Waals surface area (Å²) in [6.07, 6.45) is 7.75. The molecule has 3 heterocycles. The van der Waals surface area contributed by atoms with Crippen LogP contribution < -0.4 is 0 Å². The number of likely N-dealkylation sites (tertiary alicyclic amines) is 1. The van der Waals surface area contributed by atoms with Gasteiger partial charge in [-0.05, 0) is 49.9 Å². The molecule has 0 amide bonds. The largest absolute Gasteiger partial charge is 0.374 e. The fraction of sp³-hybridized carbons (Fsp3) is 0.562. The molecule has 1 aromatic rings. The zero-order valence-corrected chi connectivity index (χ0v) is 11.4. The van der Waals surface area contributed by atoms with Crippen LogP contribution in [0.25, 0.3) is 0 Å². The van der Waals surface area contributed by atoms with Crippen LogP contribution in [0.15, 0.2) is 37.1 Å². The number of piperidine rings is 1. The van der Waals surface area contributed by atoms with Gasteiger partial charge in [-0.3, -0.25) is 9.88 Å². The van der Waals surface area contributed by atoms with Crippen LogP contribution in [-0.4, -0.2) is 35.7 Å². The molecule has 1 aromatic heterocycles. The lowest BCUT2D eigenvalue weighted by molar-refractivity contribution is 0.0704. The van der Waals surface area contributed by atoms with E-state index in [9.17, 15) is 0 Å². The molecule has 2 fully saturated rings. The molecule has 0 saturated carbocycles. The third kappa shape index (κ3) is 2.88. The first kappa shape index (κ1) is 12.8. The number of ether oxygens (including phenoxy) is 1. The van der Waals surface area contributed by atoms with Gasteiger partial charge in [-0.1, -0.05) is 12.1 Å². The van der Waals surface area contributed by atoms with Crippen LogP contribution in [0.1, 0.15) is 25.0 Å². The maximum absolute atomic E-state index is 5.80. The highest BCUT2D eigenvalue weighted by molar-refractivity contribution is 5.04. The van der Waals surface area contributed by atoms with Gasteiger partial charge in [0.15, 0.2) is 0 Å². The third-order valence-electron chi connectivity index (χ3n) is 4.53. The molecule has 0 aromatic carbocycles. The normalized spacial score (nSPS) is 26.6. The Labute approximate surface area is 115 Å². The van der Waals surface area contributed by atoms with Crippen LogP contribution in [0, 0.1) is 5.41 Å². The molecule has 19 heavy (non-hydrogen) atoms. The number of hydrogen-bond acceptors (Lipinski definition) is 3. The number of aromatic nitrogens is 1. The Morgan fingerprint density at radius 3 is 2.89 bits per heavy atom. The summed E-state index contributed by atoms with van der Waals surface area (Å²) in [6, 6.07) is 6.14. The SMILES string of the molecule is C=CC1CC2(CCN(Cc3ccccn3)CC2)CO1. The van der Waals surface area contributed by atoms with Crippen molar-refractivity contribution in [3.63, 3.8) is 0 Å². The van der Waals surface area contributed by atoms with Gasteiger partial charge in [0.25, 0.3) is 0 Å². The summed E-state index contributed by atoms with van der Waals surface area (Å²) in [4.78, 5) is 6.92. The zero-order chi connectivity index (χ0) is 13.1. The van der Waals surface area contributed by atoms with Gasteiger partial charge in [-0.2, -0.15) is 0 Å². The van der Waals surface area contributed by atoms with Gasteiger partial charge >= 0.3 is 0 Å². The molecule has 0 N–H and O–H groups in total. The summed E-state index contributed by atoms with van der Waals surface area (Å²) >= 11 is 0. The summed E-state index contributed by atoms with van der Waals surface area (Å²) in [5.74, 6) is 0. The van der Waals surface area contributed by atoms with Crippen molar-refractivity contribution in [1.82, 2.24) is 9.88 Å². The van der Waals surface area contributed by atoms with E-state index < -0.39 is 0 Å². The molecule has 3 rings (SSSR count). The standard InChI is InChI=1S/C16H22N2O/c1-2-15-11-16(13-19-15)6-9-18(10-7-16)12-14-5-3-4-8-17-14/h2-5,8,15H,1,6-7,9-13H2. The van der Waals surface area contributed by atoms with Gasteiger partial charge in [-0.25, -0.2) is 0 Å². The minimum absolute atomic E-state index is 0.280. The van der Waals surface area contributed by atoms with E-state index in [1.807, 2.05) is 18.3 Å². The highest BCUT2D eigenvalue weighted by Crippen LogP contribution is 2.42. The van der Waals surface area contributed by atoms with Crippen LogP contribution in [0.4, 0.5) is 0 Å². The Balaban J connectivity index is 1.54.